The minimum absolute atomic E-state index is 0.267. The molecule has 1 N–H and O–H groups in total. The molecule has 6 heteroatoms. The van der Waals surface area contributed by atoms with Crippen LogP contribution < -0.4 is 5.32 Å². The molecular formula is C21H20N2O4. The molecule has 0 saturated carbocycles. The molecule has 1 aromatic heterocycles. The van der Waals surface area contributed by atoms with Gasteiger partial charge in [-0.25, -0.2) is 9.59 Å². The zero-order valence-corrected chi connectivity index (χ0v) is 15.2. The molecule has 0 spiro atoms. The number of carbonyl (C=O) groups excluding carboxylic acids is 2. The molecule has 27 heavy (non-hydrogen) atoms. The van der Waals surface area contributed by atoms with E-state index in [4.69, 9.17) is 9.47 Å². The van der Waals surface area contributed by atoms with Gasteiger partial charge in [-0.2, -0.15) is 0 Å². The van der Waals surface area contributed by atoms with Crippen LogP contribution in [0.1, 0.15) is 34.6 Å². The monoisotopic (exact) mass is 364 g/mol. The zero-order valence-electron chi connectivity index (χ0n) is 15.2. The maximum Gasteiger partial charge on any atom is 0.341 e. The number of esters is 2. The summed E-state index contributed by atoms with van der Waals surface area (Å²) in [7, 11) is 0. The first-order valence-electron chi connectivity index (χ1n) is 8.73. The maximum absolute atomic E-state index is 12.4. The number of hydrogen-bond acceptors (Lipinski definition) is 6. The van der Waals surface area contributed by atoms with Gasteiger partial charge in [-0.15, -0.1) is 0 Å². The molecule has 0 unspecified atom stereocenters. The number of benzene rings is 2. The van der Waals surface area contributed by atoms with Crippen molar-refractivity contribution < 1.29 is 19.1 Å². The Hall–Kier alpha value is -3.41. The minimum Gasteiger partial charge on any atom is -0.462 e. The van der Waals surface area contributed by atoms with E-state index in [1.165, 1.54) is 6.20 Å². The molecule has 2 aromatic carbocycles. The van der Waals surface area contributed by atoms with E-state index in [1.807, 2.05) is 30.3 Å². The maximum atomic E-state index is 12.4. The second kappa shape index (κ2) is 8.31. The van der Waals surface area contributed by atoms with Crippen LogP contribution in [0.2, 0.25) is 0 Å². The molecule has 0 amide bonds. The number of nitrogens with zero attached hydrogens (tertiary/aromatic N) is 1. The van der Waals surface area contributed by atoms with Crippen molar-refractivity contribution in [2.45, 2.75) is 13.8 Å². The van der Waals surface area contributed by atoms with E-state index in [0.717, 1.165) is 10.9 Å². The van der Waals surface area contributed by atoms with E-state index in [-0.39, 0.29) is 6.61 Å². The first-order valence-corrected chi connectivity index (χ1v) is 8.73. The average molecular weight is 364 g/mol. The van der Waals surface area contributed by atoms with Crippen molar-refractivity contribution in [1.29, 1.82) is 0 Å². The molecule has 0 aliphatic carbocycles. The number of rotatable bonds is 6. The number of carbonyl (C=O) groups is 2. The molecule has 6 nitrogen and oxygen atoms in total. The summed E-state index contributed by atoms with van der Waals surface area (Å²) in [6.07, 6.45) is 1.50. The van der Waals surface area contributed by atoms with Crippen LogP contribution in [0.4, 0.5) is 11.4 Å². The number of aromatic nitrogens is 1. The average Bonchev–Trinajstić information content (AvgIpc) is 2.69. The topological polar surface area (TPSA) is 77.5 Å². The summed E-state index contributed by atoms with van der Waals surface area (Å²) in [5, 5.41) is 4.03. The van der Waals surface area contributed by atoms with E-state index < -0.39 is 11.9 Å². The Morgan fingerprint density at radius 2 is 1.70 bits per heavy atom. The number of fused-ring (bicyclic) bond motifs is 1. The van der Waals surface area contributed by atoms with Crippen molar-refractivity contribution in [2.75, 3.05) is 18.5 Å². The minimum atomic E-state index is -0.459. The standard InChI is InChI=1S/C21H20N2O4/c1-3-26-20(24)14-8-7-9-15(12-14)23-19-16-10-5-6-11-18(16)22-13-17(19)21(25)27-4-2/h5-13H,3-4H2,1-2H3,(H,22,23). The molecular weight excluding hydrogens is 344 g/mol. The Bertz CT molecular complexity index is 985. The van der Waals surface area contributed by atoms with E-state index in [2.05, 4.69) is 10.3 Å². The summed E-state index contributed by atoms with van der Waals surface area (Å²) in [6, 6.07) is 14.4. The van der Waals surface area contributed by atoms with E-state index >= 15 is 0 Å². The molecule has 0 saturated heterocycles. The van der Waals surface area contributed by atoms with Crippen LogP contribution in [0.3, 0.4) is 0 Å². The number of anilines is 2. The Morgan fingerprint density at radius 3 is 2.48 bits per heavy atom. The van der Waals surface area contributed by atoms with Gasteiger partial charge in [0.15, 0.2) is 0 Å². The summed E-state index contributed by atoms with van der Waals surface area (Å²) >= 11 is 0. The largest absolute Gasteiger partial charge is 0.462 e. The van der Waals surface area contributed by atoms with Crippen LogP contribution in [-0.4, -0.2) is 30.1 Å². The fraction of sp³-hybridized carbons (Fsp3) is 0.190. The quantitative estimate of drug-likeness (QED) is 0.656. The van der Waals surface area contributed by atoms with Crippen LogP contribution in [0.25, 0.3) is 10.9 Å². The summed E-state index contributed by atoms with van der Waals surface area (Å²) in [6.45, 7) is 4.08. The van der Waals surface area contributed by atoms with Crippen molar-refractivity contribution in [3.8, 4) is 0 Å². The second-order valence-electron chi connectivity index (χ2n) is 5.71. The lowest BCUT2D eigenvalue weighted by atomic mass is 10.1. The van der Waals surface area contributed by atoms with Crippen LogP contribution >= 0.6 is 0 Å². The SMILES string of the molecule is CCOC(=O)c1cccc(Nc2c(C(=O)OCC)cnc3ccccc23)c1. The molecule has 0 bridgehead atoms. The molecule has 138 valence electrons. The van der Waals surface area contributed by atoms with Crippen molar-refractivity contribution in [2.24, 2.45) is 0 Å². The van der Waals surface area contributed by atoms with E-state index in [9.17, 15) is 9.59 Å². The van der Waals surface area contributed by atoms with Gasteiger partial charge in [0.05, 0.1) is 30.0 Å². The third-order valence-electron chi connectivity index (χ3n) is 3.91. The van der Waals surface area contributed by atoms with Gasteiger partial charge in [0.2, 0.25) is 0 Å². The van der Waals surface area contributed by atoms with Crippen molar-refractivity contribution in [3.63, 3.8) is 0 Å². The Balaban J connectivity index is 2.05. The summed E-state index contributed by atoms with van der Waals surface area (Å²) in [5.74, 6) is -0.855. The lowest BCUT2D eigenvalue weighted by molar-refractivity contribution is 0.0517. The molecule has 3 aromatic rings. The smallest absolute Gasteiger partial charge is 0.341 e. The summed E-state index contributed by atoms with van der Waals surface area (Å²) in [5.41, 5.74) is 2.74. The van der Waals surface area contributed by atoms with Gasteiger partial charge in [0, 0.05) is 17.3 Å². The second-order valence-corrected chi connectivity index (χ2v) is 5.71. The Morgan fingerprint density at radius 1 is 0.963 bits per heavy atom. The predicted octanol–water partition coefficient (Wildman–Crippen LogP) is 4.33. The number of para-hydroxylation sites is 1. The summed E-state index contributed by atoms with van der Waals surface area (Å²) in [4.78, 5) is 28.7. The van der Waals surface area contributed by atoms with Crippen molar-refractivity contribution in [1.82, 2.24) is 4.98 Å². The van der Waals surface area contributed by atoms with E-state index in [1.54, 1.807) is 32.0 Å². The highest BCUT2D eigenvalue weighted by Gasteiger charge is 2.17. The van der Waals surface area contributed by atoms with Gasteiger partial charge in [-0.3, -0.25) is 4.98 Å². The molecule has 0 aliphatic heterocycles. The van der Waals surface area contributed by atoms with Crippen LogP contribution in [0.15, 0.2) is 54.7 Å². The highest BCUT2D eigenvalue weighted by Crippen LogP contribution is 2.30. The van der Waals surface area contributed by atoms with Gasteiger partial charge in [-0.05, 0) is 38.1 Å². The Labute approximate surface area is 157 Å². The van der Waals surface area contributed by atoms with Gasteiger partial charge in [-0.1, -0.05) is 24.3 Å². The number of hydrogen-bond donors (Lipinski definition) is 1. The highest BCUT2D eigenvalue weighted by atomic mass is 16.5. The third-order valence-corrected chi connectivity index (χ3v) is 3.91. The van der Waals surface area contributed by atoms with Crippen LogP contribution in [0, 0.1) is 0 Å². The first kappa shape index (κ1) is 18.4. The van der Waals surface area contributed by atoms with Crippen LogP contribution in [0.5, 0.6) is 0 Å². The Kier molecular flexibility index (Phi) is 5.66. The zero-order chi connectivity index (χ0) is 19.2. The third kappa shape index (κ3) is 4.06. The lowest BCUT2D eigenvalue weighted by Crippen LogP contribution is -2.10. The first-order chi connectivity index (χ1) is 13.1. The van der Waals surface area contributed by atoms with E-state index in [0.29, 0.717) is 29.1 Å². The molecule has 0 aliphatic rings. The number of pyridine rings is 1. The van der Waals surface area contributed by atoms with Gasteiger partial charge in [0.1, 0.15) is 5.56 Å². The molecule has 0 radical (unpaired) electrons. The van der Waals surface area contributed by atoms with Crippen molar-refractivity contribution >= 4 is 34.2 Å². The molecule has 0 fully saturated rings. The van der Waals surface area contributed by atoms with Crippen molar-refractivity contribution in [3.05, 3.63) is 65.9 Å². The molecule has 1 heterocycles. The number of ether oxygens (including phenoxy) is 2. The van der Waals surface area contributed by atoms with Gasteiger partial charge < -0.3 is 14.8 Å². The van der Waals surface area contributed by atoms with Gasteiger partial charge >= 0.3 is 11.9 Å². The molecule has 0 atom stereocenters. The summed E-state index contributed by atoms with van der Waals surface area (Å²) < 4.78 is 10.2. The normalized spacial score (nSPS) is 10.4. The predicted molar refractivity (Wildman–Crippen MR) is 103 cm³/mol. The fourth-order valence-corrected chi connectivity index (χ4v) is 2.72. The van der Waals surface area contributed by atoms with Gasteiger partial charge in [0.25, 0.3) is 0 Å². The van der Waals surface area contributed by atoms with Crippen LogP contribution in [-0.2, 0) is 9.47 Å². The molecule has 3 rings (SSSR count). The fourth-order valence-electron chi connectivity index (χ4n) is 2.72. The highest BCUT2D eigenvalue weighted by molar-refractivity contribution is 6.06. The lowest BCUT2D eigenvalue weighted by Gasteiger charge is -2.14. The number of nitrogens with one attached hydrogen (secondary N) is 1.